The largest absolute Gasteiger partial charge is 0.300 e. The molecule has 1 aliphatic rings. The van der Waals surface area contributed by atoms with Crippen molar-refractivity contribution in [1.29, 1.82) is 0 Å². The maximum absolute atomic E-state index is 13.4. The van der Waals surface area contributed by atoms with E-state index in [2.05, 4.69) is 0 Å². The molecule has 1 saturated carbocycles. The Labute approximate surface area is 172 Å². The molecule has 1 aliphatic carbocycles. The first kappa shape index (κ1) is 21.4. The quantitative estimate of drug-likeness (QED) is 0.464. The van der Waals surface area contributed by atoms with Crippen molar-refractivity contribution in [2.45, 2.75) is 77.0 Å². The number of Topliss-reactive ketones (excluding diaryl/α,β-unsaturated/α-hetero) is 2. The molecule has 0 bridgehead atoms. The summed E-state index contributed by atoms with van der Waals surface area (Å²) in [5.41, 5.74) is 3.53. The standard InChI is InChI=1S/C25H30FNO2/c1-2-21(28)13-16-25(29)22-14-15-23(19-9-3-4-10-19)27-24(22)12-6-8-18-7-5-11-20(26)17-18/h5,7,11,14-15,17,19H,2-4,6,8-10,12-13,16H2,1H3. The highest BCUT2D eigenvalue weighted by Crippen LogP contribution is 2.33. The molecule has 2 aromatic rings. The first-order valence-electron chi connectivity index (χ1n) is 10.9. The molecule has 1 aromatic carbocycles. The number of halogens is 1. The minimum absolute atomic E-state index is 0.00183. The number of ketones is 2. The molecule has 0 aliphatic heterocycles. The van der Waals surface area contributed by atoms with Crippen molar-refractivity contribution < 1.29 is 14.0 Å². The van der Waals surface area contributed by atoms with Gasteiger partial charge < -0.3 is 0 Å². The summed E-state index contributed by atoms with van der Waals surface area (Å²) in [6, 6.07) is 10.6. The van der Waals surface area contributed by atoms with E-state index in [0.717, 1.165) is 42.6 Å². The number of carbonyl (C=O) groups excluding carboxylic acids is 2. The Morgan fingerprint density at radius 1 is 1.07 bits per heavy atom. The van der Waals surface area contributed by atoms with E-state index >= 15 is 0 Å². The second-order valence-corrected chi connectivity index (χ2v) is 8.01. The molecule has 1 fully saturated rings. The van der Waals surface area contributed by atoms with Gasteiger partial charge in [0, 0.05) is 36.4 Å². The minimum atomic E-state index is -0.222. The van der Waals surface area contributed by atoms with Crippen LogP contribution in [0.2, 0.25) is 0 Å². The van der Waals surface area contributed by atoms with Crippen LogP contribution < -0.4 is 0 Å². The first-order valence-corrected chi connectivity index (χ1v) is 10.9. The third kappa shape index (κ3) is 6.06. The molecule has 0 spiro atoms. The Hall–Kier alpha value is -2.36. The molecule has 29 heavy (non-hydrogen) atoms. The topological polar surface area (TPSA) is 47.0 Å². The molecular formula is C25H30FNO2. The summed E-state index contributed by atoms with van der Waals surface area (Å²) in [5.74, 6) is 0.377. The van der Waals surface area contributed by atoms with Crippen molar-refractivity contribution in [3.63, 3.8) is 0 Å². The molecule has 1 heterocycles. The van der Waals surface area contributed by atoms with Crippen molar-refractivity contribution in [2.24, 2.45) is 0 Å². The van der Waals surface area contributed by atoms with Crippen LogP contribution in [0.25, 0.3) is 0 Å². The molecule has 4 heteroatoms. The highest BCUT2D eigenvalue weighted by molar-refractivity contribution is 5.99. The van der Waals surface area contributed by atoms with Crippen LogP contribution in [0.1, 0.15) is 91.5 Å². The number of aromatic nitrogens is 1. The van der Waals surface area contributed by atoms with Crippen LogP contribution in [-0.4, -0.2) is 16.6 Å². The van der Waals surface area contributed by atoms with Crippen molar-refractivity contribution in [2.75, 3.05) is 0 Å². The first-order chi connectivity index (χ1) is 14.1. The molecule has 0 unspecified atom stereocenters. The monoisotopic (exact) mass is 395 g/mol. The normalized spacial score (nSPS) is 14.3. The van der Waals surface area contributed by atoms with Gasteiger partial charge in [-0.3, -0.25) is 14.6 Å². The lowest BCUT2D eigenvalue weighted by Crippen LogP contribution is -2.11. The zero-order valence-corrected chi connectivity index (χ0v) is 17.3. The SMILES string of the molecule is CCC(=O)CCC(=O)c1ccc(C2CCCC2)nc1CCCc1cccc(F)c1. The maximum Gasteiger partial charge on any atom is 0.165 e. The van der Waals surface area contributed by atoms with Gasteiger partial charge in [0.25, 0.3) is 0 Å². The molecule has 0 amide bonds. The van der Waals surface area contributed by atoms with Gasteiger partial charge in [-0.2, -0.15) is 0 Å². The van der Waals surface area contributed by atoms with Crippen molar-refractivity contribution in [3.05, 3.63) is 64.7 Å². The van der Waals surface area contributed by atoms with Gasteiger partial charge in [0.2, 0.25) is 0 Å². The molecule has 3 nitrogen and oxygen atoms in total. The minimum Gasteiger partial charge on any atom is -0.300 e. The van der Waals surface area contributed by atoms with E-state index in [-0.39, 0.29) is 23.8 Å². The van der Waals surface area contributed by atoms with Crippen LogP contribution in [0.15, 0.2) is 36.4 Å². The lowest BCUT2D eigenvalue weighted by atomic mass is 9.96. The smallest absolute Gasteiger partial charge is 0.165 e. The van der Waals surface area contributed by atoms with Gasteiger partial charge in [-0.05, 0) is 61.9 Å². The summed E-state index contributed by atoms with van der Waals surface area (Å²) >= 11 is 0. The van der Waals surface area contributed by atoms with Gasteiger partial charge in [0.15, 0.2) is 5.78 Å². The predicted octanol–water partition coefficient (Wildman–Crippen LogP) is 6.00. The van der Waals surface area contributed by atoms with Crippen LogP contribution >= 0.6 is 0 Å². The average Bonchev–Trinajstić information content (AvgIpc) is 3.26. The van der Waals surface area contributed by atoms with Crippen LogP contribution in [0.4, 0.5) is 4.39 Å². The fraction of sp³-hybridized carbons (Fsp3) is 0.480. The number of carbonyl (C=O) groups is 2. The van der Waals surface area contributed by atoms with Gasteiger partial charge in [0.05, 0.1) is 5.69 Å². The van der Waals surface area contributed by atoms with E-state index in [4.69, 9.17) is 4.98 Å². The molecule has 0 atom stereocenters. The summed E-state index contributed by atoms with van der Waals surface area (Å²) in [7, 11) is 0. The lowest BCUT2D eigenvalue weighted by molar-refractivity contribution is -0.118. The predicted molar refractivity (Wildman–Crippen MR) is 113 cm³/mol. The molecule has 0 saturated heterocycles. The maximum atomic E-state index is 13.4. The molecular weight excluding hydrogens is 365 g/mol. The number of aryl methyl sites for hydroxylation is 2. The zero-order valence-electron chi connectivity index (χ0n) is 17.3. The van der Waals surface area contributed by atoms with Gasteiger partial charge in [-0.1, -0.05) is 31.9 Å². The highest BCUT2D eigenvalue weighted by atomic mass is 19.1. The van der Waals surface area contributed by atoms with E-state index in [1.54, 1.807) is 12.1 Å². The molecule has 1 aromatic heterocycles. The average molecular weight is 396 g/mol. The van der Waals surface area contributed by atoms with Gasteiger partial charge in [-0.25, -0.2) is 4.39 Å². The molecule has 0 N–H and O–H groups in total. The van der Waals surface area contributed by atoms with E-state index in [1.807, 2.05) is 25.1 Å². The number of benzene rings is 1. The van der Waals surface area contributed by atoms with Crippen LogP contribution in [0, 0.1) is 5.82 Å². The molecule has 0 radical (unpaired) electrons. The Kier molecular flexibility index (Phi) is 7.68. The van der Waals surface area contributed by atoms with Crippen LogP contribution in [0.3, 0.4) is 0 Å². The second kappa shape index (κ2) is 10.4. The fourth-order valence-corrected chi connectivity index (χ4v) is 4.13. The van der Waals surface area contributed by atoms with Crippen molar-refractivity contribution in [3.8, 4) is 0 Å². The van der Waals surface area contributed by atoms with Gasteiger partial charge >= 0.3 is 0 Å². The highest BCUT2D eigenvalue weighted by Gasteiger charge is 2.21. The van der Waals surface area contributed by atoms with Crippen molar-refractivity contribution >= 4 is 11.6 Å². The van der Waals surface area contributed by atoms with E-state index in [0.29, 0.717) is 30.7 Å². The summed E-state index contributed by atoms with van der Waals surface area (Å²) < 4.78 is 13.4. The third-order valence-electron chi connectivity index (χ3n) is 5.86. The fourth-order valence-electron chi connectivity index (χ4n) is 4.13. The number of nitrogens with zero attached hydrogens (tertiary/aromatic N) is 1. The number of hydrogen-bond donors (Lipinski definition) is 0. The number of rotatable bonds is 10. The summed E-state index contributed by atoms with van der Waals surface area (Å²) in [6.07, 6.45) is 8.03. The van der Waals surface area contributed by atoms with E-state index in [1.165, 1.54) is 18.9 Å². The van der Waals surface area contributed by atoms with Crippen LogP contribution in [-0.2, 0) is 17.6 Å². The second-order valence-electron chi connectivity index (χ2n) is 8.01. The third-order valence-corrected chi connectivity index (χ3v) is 5.86. The Morgan fingerprint density at radius 2 is 1.86 bits per heavy atom. The van der Waals surface area contributed by atoms with E-state index in [9.17, 15) is 14.0 Å². The van der Waals surface area contributed by atoms with Crippen LogP contribution in [0.5, 0.6) is 0 Å². The summed E-state index contributed by atoms with van der Waals surface area (Å²) in [5, 5.41) is 0. The summed E-state index contributed by atoms with van der Waals surface area (Å²) in [6.45, 7) is 1.82. The number of hydrogen-bond acceptors (Lipinski definition) is 3. The summed E-state index contributed by atoms with van der Waals surface area (Å²) in [4.78, 5) is 29.3. The van der Waals surface area contributed by atoms with Gasteiger partial charge in [-0.15, -0.1) is 0 Å². The zero-order chi connectivity index (χ0) is 20.6. The van der Waals surface area contributed by atoms with Gasteiger partial charge in [0.1, 0.15) is 11.6 Å². The van der Waals surface area contributed by atoms with Crippen molar-refractivity contribution in [1.82, 2.24) is 4.98 Å². The Bertz CT molecular complexity index is 856. The Balaban J connectivity index is 1.73. The molecule has 154 valence electrons. The lowest BCUT2D eigenvalue weighted by Gasteiger charge is -2.14. The Morgan fingerprint density at radius 3 is 2.59 bits per heavy atom. The van der Waals surface area contributed by atoms with E-state index < -0.39 is 0 Å². The number of pyridine rings is 1. The molecule has 3 rings (SSSR count).